The van der Waals surface area contributed by atoms with Crippen molar-refractivity contribution in [2.75, 3.05) is 54.6 Å². The summed E-state index contributed by atoms with van der Waals surface area (Å²) in [6.07, 6.45) is 3.12. The molecule has 0 radical (unpaired) electrons. The standard InChI is InChI=1S/2C7H17NO2.2NO3/c2*1-8(2)7(3-5-9)4-6-10;2*2-1(3)4/h2*7,9-10H,3-6H2,1-2H3;;/q;;2*-1/p+2. The Morgan fingerprint density at radius 1 is 0.607 bits per heavy atom. The third kappa shape index (κ3) is 39.3. The maximum atomic E-state index is 8.62. The van der Waals surface area contributed by atoms with Gasteiger partial charge < -0.3 is 60.9 Å². The zero-order valence-electron chi connectivity index (χ0n) is 16.9. The molecular formula is C14H36N4O10. The molecule has 0 amide bonds. The second kappa shape index (κ2) is 25.2. The van der Waals surface area contributed by atoms with Crippen LogP contribution in [-0.2, 0) is 0 Å². The third-order valence-corrected chi connectivity index (χ3v) is 3.54. The predicted molar refractivity (Wildman–Crippen MR) is 101 cm³/mol. The lowest BCUT2D eigenvalue weighted by Gasteiger charge is -2.19. The van der Waals surface area contributed by atoms with Crippen LogP contribution in [0.25, 0.3) is 0 Å². The molecule has 0 saturated carbocycles. The van der Waals surface area contributed by atoms with Crippen molar-refractivity contribution in [1.29, 1.82) is 0 Å². The minimum absolute atomic E-state index is 0.218. The quantitative estimate of drug-likeness (QED) is 0.149. The Labute approximate surface area is 164 Å². The van der Waals surface area contributed by atoms with Crippen molar-refractivity contribution in [3.63, 3.8) is 0 Å². The first-order valence-electron chi connectivity index (χ1n) is 8.57. The summed E-state index contributed by atoms with van der Waals surface area (Å²) in [7, 11) is 8.15. The summed E-state index contributed by atoms with van der Waals surface area (Å²) >= 11 is 0. The van der Waals surface area contributed by atoms with Crippen LogP contribution in [0.1, 0.15) is 25.7 Å². The fraction of sp³-hybridized carbons (Fsp3) is 1.00. The van der Waals surface area contributed by atoms with Crippen molar-refractivity contribution < 1.29 is 40.4 Å². The van der Waals surface area contributed by atoms with E-state index in [1.807, 2.05) is 28.2 Å². The Bertz CT molecular complexity index is 296. The van der Waals surface area contributed by atoms with Gasteiger partial charge in [-0.25, -0.2) is 0 Å². The second-order valence-corrected chi connectivity index (χ2v) is 6.04. The van der Waals surface area contributed by atoms with Gasteiger partial charge in [0.1, 0.15) is 0 Å². The molecule has 0 fully saturated rings. The lowest BCUT2D eigenvalue weighted by Crippen LogP contribution is -3.10. The summed E-state index contributed by atoms with van der Waals surface area (Å²) in [6.45, 7) is 0.872. The van der Waals surface area contributed by atoms with Crippen LogP contribution in [0.5, 0.6) is 0 Å². The molecule has 0 aliphatic carbocycles. The van der Waals surface area contributed by atoms with Gasteiger partial charge in [-0.05, 0) is 0 Å². The Morgan fingerprint density at radius 3 is 0.821 bits per heavy atom. The predicted octanol–water partition coefficient (Wildman–Crippen LogP) is -3.95. The van der Waals surface area contributed by atoms with E-state index < -0.39 is 10.2 Å². The van der Waals surface area contributed by atoms with Gasteiger partial charge in [0.05, 0.1) is 50.4 Å². The molecule has 0 aromatic rings. The molecule has 172 valence electrons. The fourth-order valence-electron chi connectivity index (χ4n) is 2.07. The zero-order valence-corrected chi connectivity index (χ0v) is 16.9. The van der Waals surface area contributed by atoms with Crippen molar-refractivity contribution in [2.45, 2.75) is 37.8 Å². The first kappa shape index (κ1) is 33.7. The summed E-state index contributed by atoms with van der Waals surface area (Å²) in [5.74, 6) is 0. The SMILES string of the molecule is C[NH+](C)C(CCO)CCO.C[NH+](C)C(CCO)CCO.O=[N+]([O-])[O-].O=[N+]([O-])[O-]. The van der Waals surface area contributed by atoms with Gasteiger partial charge in [0, 0.05) is 52.1 Å². The average molecular weight is 420 g/mol. The molecule has 0 spiro atoms. The van der Waals surface area contributed by atoms with Gasteiger partial charge in [0.25, 0.3) is 0 Å². The van der Waals surface area contributed by atoms with E-state index in [2.05, 4.69) is 0 Å². The number of quaternary nitrogens is 2. The van der Waals surface area contributed by atoms with E-state index >= 15 is 0 Å². The van der Waals surface area contributed by atoms with Crippen LogP contribution < -0.4 is 9.80 Å². The van der Waals surface area contributed by atoms with E-state index in [9.17, 15) is 0 Å². The highest BCUT2D eigenvalue weighted by molar-refractivity contribution is 4.53. The second-order valence-electron chi connectivity index (χ2n) is 6.04. The van der Waals surface area contributed by atoms with E-state index in [1.54, 1.807) is 0 Å². The summed E-state index contributed by atoms with van der Waals surface area (Å²) in [5.41, 5.74) is 0. The maximum Gasteiger partial charge on any atom is 0.0914 e. The molecule has 0 aliphatic heterocycles. The topological polar surface area (TPSA) is 222 Å². The molecule has 0 aromatic heterocycles. The lowest BCUT2D eigenvalue weighted by atomic mass is 10.1. The van der Waals surface area contributed by atoms with Crippen LogP contribution in [0.15, 0.2) is 0 Å². The molecule has 0 heterocycles. The first-order chi connectivity index (χ1) is 12.9. The molecule has 0 bridgehead atoms. The summed E-state index contributed by atoms with van der Waals surface area (Å²) < 4.78 is 0. The smallest absolute Gasteiger partial charge is 0.0914 e. The van der Waals surface area contributed by atoms with Crippen LogP contribution in [0.4, 0.5) is 0 Å². The molecule has 0 rings (SSSR count). The molecule has 0 unspecified atom stereocenters. The molecule has 14 nitrogen and oxygen atoms in total. The van der Waals surface area contributed by atoms with Gasteiger partial charge in [-0.3, -0.25) is 0 Å². The van der Waals surface area contributed by atoms with Crippen LogP contribution in [-0.4, -0.2) is 97.3 Å². The van der Waals surface area contributed by atoms with Gasteiger partial charge >= 0.3 is 0 Å². The van der Waals surface area contributed by atoms with Gasteiger partial charge in [-0.2, -0.15) is 0 Å². The summed E-state index contributed by atoms with van der Waals surface area (Å²) in [4.78, 5) is 19.1. The van der Waals surface area contributed by atoms with E-state index in [-0.39, 0.29) is 26.4 Å². The highest BCUT2D eigenvalue weighted by Gasteiger charge is 2.13. The number of aliphatic hydroxyl groups excluding tert-OH is 4. The molecule has 6 N–H and O–H groups in total. The van der Waals surface area contributed by atoms with E-state index in [1.165, 1.54) is 9.80 Å². The Morgan fingerprint density at radius 2 is 0.750 bits per heavy atom. The number of hydrogen-bond donors (Lipinski definition) is 6. The van der Waals surface area contributed by atoms with E-state index in [0.717, 1.165) is 25.7 Å². The average Bonchev–Trinajstić information content (AvgIpc) is 2.54. The summed E-state index contributed by atoms with van der Waals surface area (Å²) in [6, 6.07) is 0.796. The van der Waals surface area contributed by atoms with Crippen molar-refractivity contribution in [3.8, 4) is 0 Å². The molecule has 14 heteroatoms. The van der Waals surface area contributed by atoms with Crippen LogP contribution in [0.2, 0.25) is 0 Å². The Balaban J connectivity index is -0.000000150. The van der Waals surface area contributed by atoms with E-state index in [0.29, 0.717) is 12.1 Å². The normalized spacial score (nSPS) is 9.86. The molecule has 0 atom stereocenters. The van der Waals surface area contributed by atoms with Crippen LogP contribution in [0, 0.1) is 30.6 Å². The number of hydrogen-bond acceptors (Lipinski definition) is 10. The van der Waals surface area contributed by atoms with Crippen molar-refractivity contribution in [2.24, 2.45) is 0 Å². The van der Waals surface area contributed by atoms with Crippen LogP contribution >= 0.6 is 0 Å². The number of nitrogens with zero attached hydrogens (tertiary/aromatic N) is 2. The summed E-state index contributed by atoms with van der Waals surface area (Å²) in [5, 5.41) is 64.0. The molecule has 0 aliphatic rings. The maximum absolute atomic E-state index is 8.62. The Kier molecular flexibility index (Phi) is 30.3. The van der Waals surface area contributed by atoms with Gasteiger partial charge in [-0.15, -0.1) is 0 Å². The highest BCUT2D eigenvalue weighted by Crippen LogP contribution is 1.91. The highest BCUT2D eigenvalue weighted by atomic mass is 16.9. The van der Waals surface area contributed by atoms with Crippen molar-refractivity contribution in [3.05, 3.63) is 30.6 Å². The van der Waals surface area contributed by atoms with Gasteiger partial charge in [-0.1, -0.05) is 0 Å². The van der Waals surface area contributed by atoms with Gasteiger partial charge in [0.2, 0.25) is 0 Å². The monoisotopic (exact) mass is 420 g/mol. The first-order valence-corrected chi connectivity index (χ1v) is 8.57. The minimum atomic E-state index is -1.75. The van der Waals surface area contributed by atoms with Crippen LogP contribution in [0.3, 0.4) is 0 Å². The third-order valence-electron chi connectivity index (χ3n) is 3.54. The zero-order chi connectivity index (χ0) is 23.1. The van der Waals surface area contributed by atoms with E-state index in [4.69, 9.17) is 51.1 Å². The number of rotatable bonds is 10. The molecule has 28 heavy (non-hydrogen) atoms. The molecular weight excluding hydrogens is 384 g/mol. The fourth-order valence-corrected chi connectivity index (χ4v) is 2.07. The largest absolute Gasteiger partial charge is 0.396 e. The lowest BCUT2D eigenvalue weighted by molar-refractivity contribution is -0.886. The van der Waals surface area contributed by atoms with Crippen molar-refractivity contribution >= 4 is 0 Å². The molecule has 0 saturated heterocycles. The molecule has 0 aromatic carbocycles. The Hall–Kier alpha value is -1.84. The van der Waals surface area contributed by atoms with Crippen molar-refractivity contribution in [1.82, 2.24) is 0 Å². The number of aliphatic hydroxyl groups is 4. The number of nitrogens with one attached hydrogen (secondary N) is 2. The minimum Gasteiger partial charge on any atom is -0.396 e. The van der Waals surface area contributed by atoms with Gasteiger partial charge in [0.15, 0.2) is 0 Å².